The first-order chi connectivity index (χ1) is 11.1. The Morgan fingerprint density at radius 3 is 2.67 bits per heavy atom. The molecule has 0 aromatic carbocycles. The number of hydrogen-bond acceptors (Lipinski definition) is 3. The van der Waals surface area contributed by atoms with E-state index in [0.29, 0.717) is 5.69 Å². The highest BCUT2D eigenvalue weighted by atomic mass is 35.5. The maximum absolute atomic E-state index is 12.9. The summed E-state index contributed by atoms with van der Waals surface area (Å²) >= 11 is 5.88. The number of hydrogen-bond donors (Lipinski definition) is 1. The molecule has 0 aliphatic heterocycles. The van der Waals surface area contributed by atoms with E-state index >= 15 is 0 Å². The lowest BCUT2D eigenvalue weighted by Gasteiger charge is -2.16. The SMILES string of the molecule is Cc1cc(C(F)(F)F)n(CC(C)CNC(=O)c2c(Cl)cnn2C)n1. The first kappa shape index (κ1) is 18.3. The van der Waals surface area contributed by atoms with Crippen LogP contribution in [0.15, 0.2) is 12.3 Å². The average Bonchev–Trinajstić information content (AvgIpc) is 2.99. The van der Waals surface area contributed by atoms with Crippen LogP contribution in [0.3, 0.4) is 0 Å². The number of aromatic nitrogens is 4. The smallest absolute Gasteiger partial charge is 0.350 e. The maximum Gasteiger partial charge on any atom is 0.433 e. The van der Waals surface area contributed by atoms with Gasteiger partial charge in [-0.1, -0.05) is 18.5 Å². The maximum atomic E-state index is 12.9. The van der Waals surface area contributed by atoms with Crippen LogP contribution >= 0.6 is 11.6 Å². The van der Waals surface area contributed by atoms with E-state index in [-0.39, 0.29) is 29.7 Å². The highest BCUT2D eigenvalue weighted by molar-refractivity contribution is 6.33. The van der Waals surface area contributed by atoms with E-state index in [2.05, 4.69) is 15.5 Å². The molecule has 24 heavy (non-hydrogen) atoms. The van der Waals surface area contributed by atoms with Crippen LogP contribution in [0.2, 0.25) is 5.02 Å². The Bertz CT molecular complexity index is 718. The molecule has 6 nitrogen and oxygen atoms in total. The molecule has 1 N–H and O–H groups in total. The van der Waals surface area contributed by atoms with E-state index < -0.39 is 17.8 Å². The van der Waals surface area contributed by atoms with Crippen molar-refractivity contribution in [2.24, 2.45) is 13.0 Å². The number of alkyl halides is 3. The zero-order valence-corrected chi connectivity index (χ0v) is 14.1. The van der Waals surface area contributed by atoms with Crippen LogP contribution in [0.1, 0.15) is 28.8 Å². The lowest BCUT2D eigenvalue weighted by atomic mass is 10.1. The van der Waals surface area contributed by atoms with Gasteiger partial charge in [-0.2, -0.15) is 23.4 Å². The minimum absolute atomic E-state index is 0.0298. The van der Waals surface area contributed by atoms with Crippen molar-refractivity contribution >= 4 is 17.5 Å². The predicted octanol–water partition coefficient (Wildman–Crippen LogP) is 2.66. The monoisotopic (exact) mass is 363 g/mol. The normalized spacial score (nSPS) is 13.1. The second-order valence-corrected chi connectivity index (χ2v) is 6.04. The average molecular weight is 364 g/mol. The third kappa shape index (κ3) is 4.08. The molecule has 0 bridgehead atoms. The molecule has 0 saturated carbocycles. The van der Waals surface area contributed by atoms with Crippen molar-refractivity contribution in [2.75, 3.05) is 6.54 Å². The second-order valence-electron chi connectivity index (χ2n) is 5.63. The van der Waals surface area contributed by atoms with E-state index in [1.807, 2.05) is 0 Å². The Morgan fingerprint density at radius 2 is 2.12 bits per heavy atom. The van der Waals surface area contributed by atoms with Crippen molar-refractivity contribution < 1.29 is 18.0 Å². The Kier molecular flexibility index (Phi) is 5.22. The second kappa shape index (κ2) is 6.84. The number of carbonyl (C=O) groups is 1. The molecule has 0 fully saturated rings. The van der Waals surface area contributed by atoms with Crippen molar-refractivity contribution in [3.63, 3.8) is 0 Å². The van der Waals surface area contributed by atoms with Gasteiger partial charge in [0.2, 0.25) is 0 Å². The number of nitrogens with one attached hydrogen (secondary N) is 1. The molecule has 1 atom stereocenters. The van der Waals surface area contributed by atoms with Gasteiger partial charge in [0.25, 0.3) is 5.91 Å². The summed E-state index contributed by atoms with van der Waals surface area (Å²) in [5.74, 6) is -0.694. The van der Waals surface area contributed by atoms with Gasteiger partial charge >= 0.3 is 6.18 Å². The molecule has 0 aliphatic rings. The largest absolute Gasteiger partial charge is 0.433 e. The van der Waals surface area contributed by atoms with E-state index in [9.17, 15) is 18.0 Å². The van der Waals surface area contributed by atoms with Gasteiger partial charge in [0.05, 0.1) is 16.9 Å². The minimum Gasteiger partial charge on any atom is -0.350 e. The molecule has 1 unspecified atom stereocenters. The van der Waals surface area contributed by atoms with E-state index in [0.717, 1.165) is 10.7 Å². The quantitative estimate of drug-likeness (QED) is 0.888. The van der Waals surface area contributed by atoms with Crippen molar-refractivity contribution in [3.05, 3.63) is 34.4 Å². The van der Waals surface area contributed by atoms with Crippen molar-refractivity contribution in [3.8, 4) is 0 Å². The van der Waals surface area contributed by atoms with Gasteiger partial charge in [-0.25, -0.2) is 0 Å². The molecular weight excluding hydrogens is 347 g/mol. The van der Waals surface area contributed by atoms with Gasteiger partial charge in [0.1, 0.15) is 11.4 Å². The molecule has 0 radical (unpaired) electrons. The third-order valence-electron chi connectivity index (χ3n) is 3.40. The summed E-state index contributed by atoms with van der Waals surface area (Å²) < 4.78 is 41.1. The number of carbonyl (C=O) groups excluding carboxylic acids is 1. The zero-order chi connectivity index (χ0) is 18.1. The van der Waals surface area contributed by atoms with Crippen molar-refractivity contribution in [1.29, 1.82) is 0 Å². The number of halogens is 4. The van der Waals surface area contributed by atoms with Crippen LogP contribution in [-0.2, 0) is 19.8 Å². The Labute approximate surface area is 141 Å². The molecule has 0 aliphatic carbocycles. The summed E-state index contributed by atoms with van der Waals surface area (Å²) in [6.45, 7) is 3.43. The van der Waals surface area contributed by atoms with Gasteiger partial charge in [-0.15, -0.1) is 0 Å². The first-order valence-corrected chi connectivity index (χ1v) is 7.54. The first-order valence-electron chi connectivity index (χ1n) is 7.17. The summed E-state index contributed by atoms with van der Waals surface area (Å²) in [4.78, 5) is 12.1. The zero-order valence-electron chi connectivity index (χ0n) is 13.4. The molecule has 2 heterocycles. The number of aryl methyl sites for hydroxylation is 2. The Morgan fingerprint density at radius 1 is 1.46 bits per heavy atom. The summed E-state index contributed by atoms with van der Waals surface area (Å²) in [6.07, 6.45) is -3.12. The summed E-state index contributed by atoms with van der Waals surface area (Å²) in [5, 5.41) is 10.6. The van der Waals surface area contributed by atoms with Gasteiger partial charge in [0.15, 0.2) is 0 Å². The van der Waals surface area contributed by atoms with E-state index in [1.54, 1.807) is 14.0 Å². The standard InChI is InChI=1S/C14H17ClF3N5O/c1-8(5-19-13(24)12-10(15)6-20-22(12)3)7-23-11(14(16,17)18)4-9(2)21-23/h4,6,8H,5,7H2,1-3H3,(H,19,24). The molecule has 2 rings (SSSR count). The molecule has 1 amide bonds. The number of rotatable bonds is 5. The van der Waals surface area contributed by atoms with Crippen LogP contribution in [0.25, 0.3) is 0 Å². The third-order valence-corrected chi connectivity index (χ3v) is 3.67. The summed E-state index contributed by atoms with van der Waals surface area (Å²) in [6, 6.07) is 1.00. The molecule has 10 heteroatoms. The molecule has 2 aromatic heterocycles. The number of amides is 1. The summed E-state index contributed by atoms with van der Waals surface area (Å²) in [5.41, 5.74) is -0.303. The van der Waals surface area contributed by atoms with Gasteiger partial charge in [-0.3, -0.25) is 14.2 Å². The van der Waals surface area contributed by atoms with Crippen LogP contribution in [0.4, 0.5) is 13.2 Å². The Hall–Kier alpha value is -2.03. The van der Waals surface area contributed by atoms with Gasteiger partial charge < -0.3 is 5.32 Å². The van der Waals surface area contributed by atoms with E-state index in [4.69, 9.17) is 11.6 Å². The summed E-state index contributed by atoms with van der Waals surface area (Å²) in [7, 11) is 1.58. The van der Waals surface area contributed by atoms with Gasteiger partial charge in [0, 0.05) is 20.1 Å². The van der Waals surface area contributed by atoms with Crippen molar-refractivity contribution in [2.45, 2.75) is 26.6 Å². The Balaban J connectivity index is 2.00. The molecule has 132 valence electrons. The molecular formula is C14H17ClF3N5O. The van der Waals surface area contributed by atoms with Gasteiger partial charge in [-0.05, 0) is 18.9 Å². The fraction of sp³-hybridized carbons (Fsp3) is 0.500. The fourth-order valence-corrected chi connectivity index (χ4v) is 2.54. The highest BCUT2D eigenvalue weighted by Crippen LogP contribution is 2.30. The van der Waals surface area contributed by atoms with Crippen molar-refractivity contribution in [1.82, 2.24) is 24.9 Å². The predicted molar refractivity (Wildman–Crippen MR) is 81.7 cm³/mol. The van der Waals surface area contributed by atoms with Crippen LogP contribution in [-0.4, -0.2) is 32.0 Å². The lowest BCUT2D eigenvalue weighted by molar-refractivity contribution is -0.144. The minimum atomic E-state index is -4.47. The lowest BCUT2D eigenvalue weighted by Crippen LogP contribution is -2.32. The van der Waals surface area contributed by atoms with E-state index in [1.165, 1.54) is 17.8 Å². The van der Waals surface area contributed by atoms with Crippen LogP contribution < -0.4 is 5.32 Å². The molecule has 0 spiro atoms. The fourth-order valence-electron chi connectivity index (χ4n) is 2.29. The topological polar surface area (TPSA) is 64.7 Å². The molecule has 0 saturated heterocycles. The van der Waals surface area contributed by atoms with Crippen LogP contribution in [0, 0.1) is 12.8 Å². The number of nitrogens with zero attached hydrogens (tertiary/aromatic N) is 4. The van der Waals surface area contributed by atoms with Crippen LogP contribution in [0.5, 0.6) is 0 Å². The highest BCUT2D eigenvalue weighted by Gasteiger charge is 2.35. The molecule has 2 aromatic rings.